The lowest BCUT2D eigenvalue weighted by Gasteiger charge is -2.05. The van der Waals surface area contributed by atoms with Gasteiger partial charge < -0.3 is 14.6 Å². The maximum Gasteiger partial charge on any atom is 0.0483 e. The second kappa shape index (κ2) is 8.85. The molecule has 0 unspecified atom stereocenters. The first-order chi connectivity index (χ1) is 10.4. The lowest BCUT2D eigenvalue weighted by atomic mass is 10.1. The molecular formula is C18H28N2O. The number of nitrogens with one attached hydrogen (secondary N) is 1. The van der Waals surface area contributed by atoms with Gasteiger partial charge in [-0.2, -0.15) is 0 Å². The van der Waals surface area contributed by atoms with E-state index in [-0.39, 0.29) is 0 Å². The van der Waals surface area contributed by atoms with Gasteiger partial charge in [0.15, 0.2) is 0 Å². The van der Waals surface area contributed by atoms with Gasteiger partial charge in [-0.15, -0.1) is 0 Å². The fourth-order valence-corrected chi connectivity index (χ4v) is 2.77. The Balaban J connectivity index is 2.03. The van der Waals surface area contributed by atoms with Crippen LogP contribution in [0.15, 0.2) is 30.5 Å². The molecule has 0 spiro atoms. The van der Waals surface area contributed by atoms with Gasteiger partial charge in [-0.25, -0.2) is 0 Å². The number of aromatic nitrogens is 1. The molecule has 116 valence electrons. The number of rotatable bonds is 10. The smallest absolute Gasteiger partial charge is 0.0483 e. The fraction of sp³-hybridized carbons (Fsp3) is 0.556. The molecule has 2 aromatic rings. The molecule has 1 heterocycles. The largest absolute Gasteiger partial charge is 0.382 e. The van der Waals surface area contributed by atoms with Crippen molar-refractivity contribution in [3.63, 3.8) is 0 Å². The van der Waals surface area contributed by atoms with Crippen molar-refractivity contribution >= 4 is 10.9 Å². The standard InChI is InChI=1S/C18H28N2O/c1-3-19-12-7-9-16-15-20(13-8-14-21-4-2)18-11-6-5-10-17(16)18/h5-6,10-11,15,19H,3-4,7-9,12-14H2,1-2H3. The molecule has 0 bridgehead atoms. The molecule has 2 rings (SSSR count). The van der Waals surface area contributed by atoms with E-state index in [1.54, 1.807) is 0 Å². The van der Waals surface area contributed by atoms with Gasteiger partial charge in [0.2, 0.25) is 0 Å². The predicted octanol–water partition coefficient (Wildman–Crippen LogP) is 3.61. The van der Waals surface area contributed by atoms with Gasteiger partial charge in [-0.1, -0.05) is 25.1 Å². The lowest BCUT2D eigenvalue weighted by Crippen LogP contribution is -2.14. The van der Waals surface area contributed by atoms with Gasteiger partial charge in [0, 0.05) is 36.9 Å². The zero-order valence-corrected chi connectivity index (χ0v) is 13.4. The maximum atomic E-state index is 5.44. The van der Waals surface area contributed by atoms with Crippen LogP contribution in [0, 0.1) is 0 Å². The SMILES string of the molecule is CCNCCCc1cn(CCCOCC)c2ccccc12. The molecule has 0 radical (unpaired) electrons. The van der Waals surface area contributed by atoms with Crippen LogP contribution in [0.25, 0.3) is 10.9 Å². The van der Waals surface area contributed by atoms with Crippen molar-refractivity contribution in [2.24, 2.45) is 0 Å². The topological polar surface area (TPSA) is 26.2 Å². The molecule has 0 saturated heterocycles. The summed E-state index contributed by atoms with van der Waals surface area (Å²) >= 11 is 0. The molecule has 1 aromatic carbocycles. The van der Waals surface area contributed by atoms with Gasteiger partial charge in [0.25, 0.3) is 0 Å². The Hall–Kier alpha value is -1.32. The summed E-state index contributed by atoms with van der Waals surface area (Å²) in [5.74, 6) is 0. The molecule has 0 aliphatic rings. The van der Waals surface area contributed by atoms with Crippen molar-refractivity contribution < 1.29 is 4.74 Å². The number of para-hydroxylation sites is 1. The van der Waals surface area contributed by atoms with Crippen LogP contribution in [0.1, 0.15) is 32.3 Å². The zero-order chi connectivity index (χ0) is 14.9. The lowest BCUT2D eigenvalue weighted by molar-refractivity contribution is 0.142. The molecule has 3 nitrogen and oxygen atoms in total. The minimum absolute atomic E-state index is 0.808. The van der Waals surface area contributed by atoms with Crippen molar-refractivity contribution in [3.05, 3.63) is 36.0 Å². The molecule has 0 aliphatic carbocycles. The third-order valence-corrected chi connectivity index (χ3v) is 3.81. The Morgan fingerprint density at radius 1 is 1.14 bits per heavy atom. The van der Waals surface area contributed by atoms with Crippen LogP contribution in [0.5, 0.6) is 0 Å². The van der Waals surface area contributed by atoms with Gasteiger partial charge in [0.05, 0.1) is 0 Å². The summed E-state index contributed by atoms with van der Waals surface area (Å²) in [5, 5.41) is 4.81. The van der Waals surface area contributed by atoms with E-state index in [4.69, 9.17) is 4.74 Å². The zero-order valence-electron chi connectivity index (χ0n) is 13.4. The van der Waals surface area contributed by atoms with Gasteiger partial charge >= 0.3 is 0 Å². The highest BCUT2D eigenvalue weighted by atomic mass is 16.5. The van der Waals surface area contributed by atoms with Crippen LogP contribution in [0.4, 0.5) is 0 Å². The molecular weight excluding hydrogens is 260 g/mol. The number of benzene rings is 1. The minimum atomic E-state index is 0.808. The van der Waals surface area contributed by atoms with E-state index >= 15 is 0 Å². The molecule has 21 heavy (non-hydrogen) atoms. The summed E-state index contributed by atoms with van der Waals surface area (Å²) in [5.41, 5.74) is 2.83. The monoisotopic (exact) mass is 288 g/mol. The third-order valence-electron chi connectivity index (χ3n) is 3.81. The fourth-order valence-electron chi connectivity index (χ4n) is 2.77. The van der Waals surface area contributed by atoms with E-state index in [2.05, 4.69) is 47.3 Å². The highest BCUT2D eigenvalue weighted by molar-refractivity contribution is 5.83. The highest BCUT2D eigenvalue weighted by Gasteiger charge is 2.07. The van der Waals surface area contributed by atoms with Gasteiger partial charge in [-0.3, -0.25) is 0 Å². The van der Waals surface area contributed by atoms with Crippen molar-refractivity contribution in [1.29, 1.82) is 0 Å². The van der Waals surface area contributed by atoms with Crippen molar-refractivity contribution in [3.8, 4) is 0 Å². The average molecular weight is 288 g/mol. The quantitative estimate of drug-likeness (QED) is 0.676. The normalized spacial score (nSPS) is 11.3. The van der Waals surface area contributed by atoms with E-state index < -0.39 is 0 Å². The second-order valence-corrected chi connectivity index (χ2v) is 5.37. The Bertz CT molecular complexity index is 487. The van der Waals surface area contributed by atoms with E-state index in [1.807, 2.05) is 6.92 Å². The first-order valence-electron chi connectivity index (χ1n) is 8.22. The molecule has 1 N–H and O–H groups in total. The van der Waals surface area contributed by atoms with E-state index in [9.17, 15) is 0 Å². The summed E-state index contributed by atoms with van der Waals surface area (Å²) in [4.78, 5) is 0. The van der Waals surface area contributed by atoms with Gasteiger partial charge in [-0.05, 0) is 50.9 Å². The van der Waals surface area contributed by atoms with E-state index in [0.29, 0.717) is 0 Å². The number of hydrogen-bond donors (Lipinski definition) is 1. The molecule has 0 atom stereocenters. The van der Waals surface area contributed by atoms with E-state index in [1.165, 1.54) is 22.9 Å². The molecule has 0 fully saturated rings. The van der Waals surface area contributed by atoms with Crippen molar-refractivity contribution in [1.82, 2.24) is 9.88 Å². The summed E-state index contributed by atoms with van der Waals surface area (Å²) < 4.78 is 7.83. The van der Waals surface area contributed by atoms with Crippen LogP contribution in [-0.2, 0) is 17.7 Å². The van der Waals surface area contributed by atoms with Gasteiger partial charge in [0.1, 0.15) is 0 Å². The van der Waals surface area contributed by atoms with Crippen LogP contribution < -0.4 is 5.32 Å². The summed E-state index contributed by atoms with van der Waals surface area (Å²) in [6, 6.07) is 8.74. The summed E-state index contributed by atoms with van der Waals surface area (Å²) in [6.45, 7) is 9.05. The van der Waals surface area contributed by atoms with Crippen molar-refractivity contribution in [2.45, 2.75) is 39.7 Å². The van der Waals surface area contributed by atoms with Crippen LogP contribution in [0.2, 0.25) is 0 Å². The van der Waals surface area contributed by atoms with Crippen LogP contribution >= 0.6 is 0 Å². The van der Waals surface area contributed by atoms with Crippen LogP contribution in [-0.4, -0.2) is 30.9 Å². The molecule has 0 amide bonds. The summed E-state index contributed by atoms with van der Waals surface area (Å²) in [7, 11) is 0. The Labute approximate surface area is 128 Å². The molecule has 0 aliphatic heterocycles. The Kier molecular flexibility index (Phi) is 6.77. The Morgan fingerprint density at radius 3 is 2.81 bits per heavy atom. The molecule has 1 aromatic heterocycles. The van der Waals surface area contributed by atoms with Crippen molar-refractivity contribution in [2.75, 3.05) is 26.3 Å². The Morgan fingerprint density at radius 2 is 2.00 bits per heavy atom. The summed E-state index contributed by atoms with van der Waals surface area (Å²) in [6.07, 6.45) is 5.75. The minimum Gasteiger partial charge on any atom is -0.382 e. The van der Waals surface area contributed by atoms with Crippen LogP contribution in [0.3, 0.4) is 0 Å². The second-order valence-electron chi connectivity index (χ2n) is 5.37. The first-order valence-corrected chi connectivity index (χ1v) is 8.22. The molecule has 3 heteroatoms. The maximum absolute atomic E-state index is 5.44. The predicted molar refractivity (Wildman–Crippen MR) is 89.9 cm³/mol. The highest BCUT2D eigenvalue weighted by Crippen LogP contribution is 2.22. The van der Waals surface area contributed by atoms with E-state index in [0.717, 1.165) is 45.7 Å². The third kappa shape index (κ3) is 4.58. The molecule has 0 saturated carbocycles. The number of fused-ring (bicyclic) bond motifs is 1. The number of ether oxygens (including phenoxy) is 1. The first kappa shape index (κ1) is 16.1. The number of hydrogen-bond acceptors (Lipinski definition) is 2. The average Bonchev–Trinajstić information content (AvgIpc) is 2.87. The number of nitrogens with zero attached hydrogens (tertiary/aromatic N) is 1. The number of aryl methyl sites for hydroxylation is 2.